The van der Waals surface area contributed by atoms with E-state index in [1.165, 1.54) is 31.4 Å². The molecule has 0 spiro atoms. The van der Waals surface area contributed by atoms with E-state index in [1.807, 2.05) is 6.07 Å². The summed E-state index contributed by atoms with van der Waals surface area (Å²) >= 11 is 0. The van der Waals surface area contributed by atoms with E-state index in [4.69, 9.17) is 21.6 Å². The molecule has 0 saturated carbocycles. The first kappa shape index (κ1) is 26.6. The van der Waals surface area contributed by atoms with Crippen molar-refractivity contribution in [1.29, 1.82) is 5.41 Å². The van der Waals surface area contributed by atoms with Gasteiger partial charge in [0.1, 0.15) is 17.8 Å². The number of nitrogens with one attached hydrogen (secondary N) is 3. The van der Waals surface area contributed by atoms with Gasteiger partial charge >= 0.3 is 0 Å². The minimum absolute atomic E-state index is 0.0817. The highest BCUT2D eigenvalue weighted by Gasteiger charge is 2.37. The topological polar surface area (TPSA) is 181 Å². The summed E-state index contributed by atoms with van der Waals surface area (Å²) < 4.78 is 32.5. The monoisotopic (exact) mass is 490 g/mol. The second-order valence-electron chi connectivity index (χ2n) is 7.46. The standard InChI is InChI=1S/C22H30N6O5S/c1-3-7-19(21(30)26-18(20(23)29)14-15-8-5-4-6-9-15)28(27-22(24)25)34(31,32)17-12-10-16(33-2)11-13-17/h4-6,8-13,18-19H,3,7,14H2,1-2H3,(H2,23,29)(H,26,30)(H4,24,25,27)/t18-,19-/m0/s1. The zero-order valence-corrected chi connectivity index (χ0v) is 19.8. The lowest BCUT2D eigenvalue weighted by Crippen LogP contribution is -2.60. The van der Waals surface area contributed by atoms with E-state index in [1.54, 1.807) is 31.2 Å². The largest absolute Gasteiger partial charge is 0.497 e. The maximum absolute atomic E-state index is 13.4. The van der Waals surface area contributed by atoms with Crippen LogP contribution in [0.3, 0.4) is 0 Å². The fourth-order valence-electron chi connectivity index (χ4n) is 3.25. The molecule has 2 aromatic carbocycles. The highest BCUT2D eigenvalue weighted by atomic mass is 32.2. The highest BCUT2D eigenvalue weighted by molar-refractivity contribution is 7.89. The van der Waals surface area contributed by atoms with Crippen LogP contribution in [0, 0.1) is 5.41 Å². The fraction of sp³-hybridized carbons (Fsp3) is 0.318. The number of guanidine groups is 1. The molecule has 0 aliphatic rings. The average Bonchev–Trinajstić information content (AvgIpc) is 2.81. The molecule has 0 unspecified atom stereocenters. The predicted octanol–water partition coefficient (Wildman–Crippen LogP) is 0.465. The number of sulfonamides is 1. The van der Waals surface area contributed by atoms with Gasteiger partial charge in [0, 0.05) is 6.42 Å². The number of hydrogen-bond acceptors (Lipinski definition) is 6. The molecule has 11 nitrogen and oxygen atoms in total. The molecular weight excluding hydrogens is 460 g/mol. The number of rotatable bonds is 12. The Labute approximate surface area is 199 Å². The van der Waals surface area contributed by atoms with Crippen molar-refractivity contribution in [2.75, 3.05) is 7.11 Å². The van der Waals surface area contributed by atoms with Gasteiger partial charge in [-0.1, -0.05) is 48.1 Å². The SMILES string of the molecule is CCC[C@@H](C(=O)N[C@@H](Cc1ccccc1)C(N)=O)N(NC(=N)N)S(=O)(=O)c1ccc(OC)cc1. The maximum atomic E-state index is 13.4. The van der Waals surface area contributed by atoms with Crippen LogP contribution in [0.25, 0.3) is 0 Å². The lowest BCUT2D eigenvalue weighted by atomic mass is 10.0. The van der Waals surface area contributed by atoms with Crippen LogP contribution in [0.15, 0.2) is 59.5 Å². The van der Waals surface area contributed by atoms with E-state index in [-0.39, 0.29) is 17.7 Å². The molecule has 0 aliphatic heterocycles. The summed E-state index contributed by atoms with van der Waals surface area (Å²) in [6.45, 7) is 1.77. The van der Waals surface area contributed by atoms with Crippen LogP contribution in [-0.4, -0.2) is 49.8 Å². The van der Waals surface area contributed by atoms with Gasteiger partial charge in [-0.25, -0.2) is 8.42 Å². The van der Waals surface area contributed by atoms with E-state index < -0.39 is 39.9 Å². The predicted molar refractivity (Wildman–Crippen MR) is 127 cm³/mol. The van der Waals surface area contributed by atoms with Crippen molar-refractivity contribution in [2.45, 2.75) is 43.2 Å². The minimum atomic E-state index is -4.33. The minimum Gasteiger partial charge on any atom is -0.497 e. The molecule has 0 aromatic heterocycles. The molecule has 0 saturated heterocycles. The molecule has 34 heavy (non-hydrogen) atoms. The zero-order valence-electron chi connectivity index (χ0n) is 19.0. The molecule has 0 fully saturated rings. The van der Waals surface area contributed by atoms with Gasteiger partial charge in [0.05, 0.1) is 12.0 Å². The van der Waals surface area contributed by atoms with Crippen molar-refractivity contribution in [2.24, 2.45) is 11.5 Å². The Hall–Kier alpha value is -3.64. The molecule has 2 rings (SSSR count). The molecule has 0 heterocycles. The molecule has 0 bridgehead atoms. The van der Waals surface area contributed by atoms with Crippen molar-refractivity contribution >= 4 is 27.8 Å². The molecule has 2 aromatic rings. The fourth-order valence-corrected chi connectivity index (χ4v) is 4.72. The van der Waals surface area contributed by atoms with Crippen LogP contribution in [0.1, 0.15) is 25.3 Å². The van der Waals surface area contributed by atoms with E-state index in [0.717, 1.165) is 5.56 Å². The number of carbonyl (C=O) groups is 2. The van der Waals surface area contributed by atoms with E-state index in [0.29, 0.717) is 16.6 Å². The Morgan fingerprint density at radius 3 is 2.21 bits per heavy atom. The molecule has 0 radical (unpaired) electrons. The summed E-state index contributed by atoms with van der Waals surface area (Å²) in [7, 11) is -2.89. The van der Waals surface area contributed by atoms with Crippen molar-refractivity contribution in [1.82, 2.24) is 15.2 Å². The first-order chi connectivity index (χ1) is 16.1. The smallest absolute Gasteiger partial charge is 0.260 e. The van der Waals surface area contributed by atoms with Gasteiger partial charge < -0.3 is 21.5 Å². The zero-order chi connectivity index (χ0) is 25.3. The number of benzene rings is 2. The van der Waals surface area contributed by atoms with Gasteiger partial charge in [0.15, 0.2) is 0 Å². The van der Waals surface area contributed by atoms with Gasteiger partial charge in [-0.2, -0.15) is 0 Å². The number of amides is 2. The molecular formula is C22H30N6O5S. The summed E-state index contributed by atoms with van der Waals surface area (Å²) in [5.41, 5.74) is 14.0. The van der Waals surface area contributed by atoms with E-state index in [9.17, 15) is 18.0 Å². The molecule has 7 N–H and O–H groups in total. The highest BCUT2D eigenvalue weighted by Crippen LogP contribution is 2.22. The third kappa shape index (κ3) is 6.93. The lowest BCUT2D eigenvalue weighted by Gasteiger charge is -2.31. The van der Waals surface area contributed by atoms with Gasteiger partial charge in [-0.3, -0.25) is 20.4 Å². The van der Waals surface area contributed by atoms with E-state index in [2.05, 4.69) is 10.7 Å². The Bertz CT molecular complexity index is 1090. The summed E-state index contributed by atoms with van der Waals surface area (Å²) in [6, 6.07) is 12.1. The summed E-state index contributed by atoms with van der Waals surface area (Å²) in [5.74, 6) is -1.76. The van der Waals surface area contributed by atoms with Crippen LogP contribution >= 0.6 is 0 Å². The second-order valence-corrected chi connectivity index (χ2v) is 9.27. The number of hydrazine groups is 1. The third-order valence-corrected chi connectivity index (χ3v) is 6.67. The number of methoxy groups -OCH3 is 1. The van der Waals surface area contributed by atoms with Gasteiger partial charge in [-0.05, 0) is 36.2 Å². The van der Waals surface area contributed by atoms with Crippen LogP contribution in [0.2, 0.25) is 0 Å². The van der Waals surface area contributed by atoms with Crippen LogP contribution in [-0.2, 0) is 26.0 Å². The van der Waals surface area contributed by atoms with Crippen LogP contribution < -0.4 is 26.9 Å². The first-order valence-electron chi connectivity index (χ1n) is 10.5. The molecule has 2 atom stereocenters. The Morgan fingerprint density at radius 2 is 1.71 bits per heavy atom. The average molecular weight is 491 g/mol. The van der Waals surface area contributed by atoms with Crippen LogP contribution in [0.5, 0.6) is 5.75 Å². The number of hydrogen-bond donors (Lipinski definition) is 5. The molecule has 2 amide bonds. The first-order valence-corrected chi connectivity index (χ1v) is 12.0. The van der Waals surface area contributed by atoms with E-state index >= 15 is 0 Å². The summed E-state index contributed by atoms with van der Waals surface area (Å²) in [4.78, 5) is 25.1. The lowest BCUT2D eigenvalue weighted by molar-refractivity contribution is -0.130. The van der Waals surface area contributed by atoms with Crippen molar-refractivity contribution < 1.29 is 22.7 Å². The van der Waals surface area contributed by atoms with Gasteiger partial charge in [-0.15, -0.1) is 0 Å². The van der Waals surface area contributed by atoms with Crippen molar-refractivity contribution in [3.63, 3.8) is 0 Å². The second kappa shape index (κ2) is 12.0. The van der Waals surface area contributed by atoms with Crippen LogP contribution in [0.4, 0.5) is 0 Å². The number of nitrogens with zero attached hydrogens (tertiary/aromatic N) is 1. The molecule has 184 valence electrons. The number of nitrogens with two attached hydrogens (primary N) is 2. The van der Waals surface area contributed by atoms with Gasteiger partial charge in [0.2, 0.25) is 17.8 Å². The third-order valence-electron chi connectivity index (χ3n) is 4.94. The number of primary amides is 1. The summed E-state index contributed by atoms with van der Waals surface area (Å²) in [6.07, 6.45) is 0.636. The number of ether oxygens (including phenoxy) is 1. The molecule has 12 heteroatoms. The quantitative estimate of drug-likeness (QED) is 0.163. The maximum Gasteiger partial charge on any atom is 0.260 e. The Morgan fingerprint density at radius 1 is 1.09 bits per heavy atom. The number of carbonyl (C=O) groups excluding carboxylic acids is 2. The van der Waals surface area contributed by atoms with Crippen molar-refractivity contribution in [3.05, 3.63) is 60.2 Å². The normalized spacial score (nSPS) is 13.0. The van der Waals surface area contributed by atoms with Crippen molar-refractivity contribution in [3.8, 4) is 5.75 Å². The summed E-state index contributed by atoms with van der Waals surface area (Å²) in [5, 5.41) is 10.1. The Balaban J connectivity index is 2.39. The molecule has 0 aliphatic carbocycles. The Kier molecular flexibility index (Phi) is 9.39. The van der Waals surface area contributed by atoms with Gasteiger partial charge in [0.25, 0.3) is 10.0 Å².